The Bertz CT molecular complexity index is 720. The highest BCUT2D eigenvalue weighted by Gasteiger charge is 2.43. The van der Waals surface area contributed by atoms with Gasteiger partial charge in [-0.1, -0.05) is 32.4 Å². The number of amides is 1. The molecular formula is C20H28ClNO5. The Morgan fingerprint density at radius 2 is 1.81 bits per heavy atom. The first kappa shape index (κ1) is 21.4. The number of aliphatic carboxylic acids is 1. The van der Waals surface area contributed by atoms with Crippen molar-refractivity contribution >= 4 is 23.7 Å². The molecule has 150 valence electrons. The molecule has 1 aromatic rings. The average molecular weight is 398 g/mol. The molecular weight excluding hydrogens is 370 g/mol. The summed E-state index contributed by atoms with van der Waals surface area (Å²) in [6, 6.07) is 4.40. The van der Waals surface area contributed by atoms with Crippen LogP contribution in [0.3, 0.4) is 0 Å². The molecule has 0 radical (unpaired) electrons. The summed E-state index contributed by atoms with van der Waals surface area (Å²) in [5, 5.41) is 10.1. The summed E-state index contributed by atoms with van der Waals surface area (Å²) in [5.74, 6) is -0.425. The third kappa shape index (κ3) is 5.51. The van der Waals surface area contributed by atoms with Gasteiger partial charge in [0.2, 0.25) is 0 Å². The van der Waals surface area contributed by atoms with Crippen LogP contribution in [0.4, 0.5) is 4.79 Å². The van der Waals surface area contributed by atoms with Gasteiger partial charge >= 0.3 is 12.1 Å². The summed E-state index contributed by atoms with van der Waals surface area (Å²) < 4.78 is 11.5. The van der Waals surface area contributed by atoms with E-state index in [4.69, 9.17) is 21.1 Å². The zero-order chi connectivity index (χ0) is 20.6. The minimum Gasteiger partial charge on any atom is -0.488 e. The van der Waals surface area contributed by atoms with Gasteiger partial charge in [0.15, 0.2) is 0 Å². The van der Waals surface area contributed by atoms with Crippen LogP contribution in [0.15, 0.2) is 18.2 Å². The molecule has 7 heteroatoms. The van der Waals surface area contributed by atoms with E-state index in [-0.39, 0.29) is 18.4 Å². The monoisotopic (exact) mass is 397 g/mol. The molecule has 1 fully saturated rings. The number of benzene rings is 1. The number of rotatable bonds is 3. The van der Waals surface area contributed by atoms with E-state index in [1.807, 2.05) is 26.8 Å². The predicted octanol–water partition coefficient (Wildman–Crippen LogP) is 4.48. The molecule has 2 atom stereocenters. The Balaban J connectivity index is 2.22. The molecule has 0 aliphatic carbocycles. The van der Waals surface area contributed by atoms with E-state index in [0.29, 0.717) is 10.8 Å². The lowest BCUT2D eigenvalue weighted by Gasteiger charge is -2.27. The minimum absolute atomic E-state index is 0.151. The van der Waals surface area contributed by atoms with Gasteiger partial charge in [-0.25, -0.2) is 9.59 Å². The van der Waals surface area contributed by atoms with Crippen LogP contribution in [0.25, 0.3) is 0 Å². The van der Waals surface area contributed by atoms with Crippen molar-refractivity contribution in [1.82, 2.24) is 4.90 Å². The van der Waals surface area contributed by atoms with Gasteiger partial charge in [0.25, 0.3) is 0 Å². The number of likely N-dealkylation sites (tertiary alicyclic amines) is 1. The number of halogens is 1. The molecule has 1 aliphatic rings. The van der Waals surface area contributed by atoms with E-state index in [0.717, 1.165) is 5.56 Å². The quantitative estimate of drug-likeness (QED) is 0.813. The van der Waals surface area contributed by atoms with Crippen LogP contribution in [-0.4, -0.2) is 46.4 Å². The van der Waals surface area contributed by atoms with E-state index in [9.17, 15) is 14.7 Å². The van der Waals surface area contributed by atoms with Crippen molar-refractivity contribution in [2.24, 2.45) is 0 Å². The first-order valence-electron chi connectivity index (χ1n) is 8.97. The summed E-state index contributed by atoms with van der Waals surface area (Å²) >= 11 is 6.13. The fourth-order valence-electron chi connectivity index (χ4n) is 3.01. The van der Waals surface area contributed by atoms with Crippen molar-refractivity contribution in [2.75, 3.05) is 6.54 Å². The third-order valence-electron chi connectivity index (χ3n) is 4.22. The number of ether oxygens (including phenoxy) is 2. The molecule has 0 saturated carbocycles. The van der Waals surface area contributed by atoms with Crippen molar-refractivity contribution in [3.63, 3.8) is 0 Å². The van der Waals surface area contributed by atoms with Gasteiger partial charge in [-0.05, 0) is 44.4 Å². The maximum Gasteiger partial charge on any atom is 0.411 e. The number of carboxylic acid groups (broad SMARTS) is 1. The summed E-state index contributed by atoms with van der Waals surface area (Å²) in [6.45, 7) is 11.5. The first-order valence-corrected chi connectivity index (χ1v) is 9.35. The van der Waals surface area contributed by atoms with Gasteiger partial charge in [-0.2, -0.15) is 0 Å². The van der Waals surface area contributed by atoms with E-state index >= 15 is 0 Å². The molecule has 1 amide bonds. The third-order valence-corrected chi connectivity index (χ3v) is 4.45. The number of carbonyl (C=O) groups is 2. The summed E-state index contributed by atoms with van der Waals surface area (Å²) in [6.07, 6.45) is -0.894. The molecule has 2 rings (SSSR count). The second-order valence-electron chi connectivity index (χ2n) is 8.85. The van der Waals surface area contributed by atoms with Crippen molar-refractivity contribution in [2.45, 2.75) is 71.1 Å². The van der Waals surface area contributed by atoms with Crippen LogP contribution in [-0.2, 0) is 14.9 Å². The molecule has 2 unspecified atom stereocenters. The lowest BCUT2D eigenvalue weighted by molar-refractivity contribution is -0.142. The average Bonchev–Trinajstić information content (AvgIpc) is 2.90. The Morgan fingerprint density at radius 1 is 1.19 bits per heavy atom. The van der Waals surface area contributed by atoms with Crippen LogP contribution in [0.5, 0.6) is 5.75 Å². The largest absolute Gasteiger partial charge is 0.488 e. The maximum absolute atomic E-state index is 12.4. The molecule has 0 aromatic heterocycles. The highest BCUT2D eigenvalue weighted by molar-refractivity contribution is 6.30. The van der Waals surface area contributed by atoms with Gasteiger partial charge in [0, 0.05) is 17.0 Å². The number of carbonyl (C=O) groups excluding carboxylic acids is 1. The normalized spacial score (nSPS) is 20.5. The molecule has 1 saturated heterocycles. The fraction of sp³-hybridized carbons (Fsp3) is 0.600. The first-order chi connectivity index (χ1) is 12.3. The Labute approximate surface area is 165 Å². The molecule has 0 spiro atoms. The predicted molar refractivity (Wildman–Crippen MR) is 104 cm³/mol. The fourth-order valence-corrected chi connectivity index (χ4v) is 3.18. The number of carboxylic acids is 1. The van der Waals surface area contributed by atoms with Crippen LogP contribution >= 0.6 is 11.6 Å². The maximum atomic E-state index is 12.4. The zero-order valence-corrected chi connectivity index (χ0v) is 17.5. The van der Waals surface area contributed by atoms with Crippen molar-refractivity contribution < 1.29 is 24.2 Å². The second-order valence-corrected chi connectivity index (χ2v) is 9.29. The zero-order valence-electron chi connectivity index (χ0n) is 16.7. The van der Waals surface area contributed by atoms with Gasteiger partial charge in [0.1, 0.15) is 23.5 Å². The Hall–Kier alpha value is -1.95. The standard InChI is InChI=1S/C20H28ClNO5/c1-19(2,3)14-9-12(21)7-8-16(14)26-13-10-15(17(23)24)22(11-13)18(25)27-20(4,5)6/h7-9,13,15H,10-11H2,1-6H3,(H,23,24). The van der Waals surface area contributed by atoms with Crippen LogP contribution in [0.2, 0.25) is 5.02 Å². The summed E-state index contributed by atoms with van der Waals surface area (Å²) in [5.41, 5.74) is 0.0301. The lowest BCUT2D eigenvalue weighted by Crippen LogP contribution is -2.43. The molecule has 1 N–H and O–H groups in total. The molecule has 1 heterocycles. The van der Waals surface area contributed by atoms with Crippen LogP contribution in [0.1, 0.15) is 53.5 Å². The van der Waals surface area contributed by atoms with E-state index < -0.39 is 29.8 Å². The smallest absolute Gasteiger partial charge is 0.411 e. The second kappa shape index (κ2) is 7.58. The van der Waals surface area contributed by atoms with E-state index in [2.05, 4.69) is 0 Å². The van der Waals surface area contributed by atoms with Crippen LogP contribution < -0.4 is 4.74 Å². The minimum atomic E-state index is -1.07. The highest BCUT2D eigenvalue weighted by Crippen LogP contribution is 2.35. The van der Waals surface area contributed by atoms with Gasteiger partial charge in [-0.15, -0.1) is 0 Å². The van der Waals surface area contributed by atoms with E-state index in [1.165, 1.54) is 4.90 Å². The summed E-state index contributed by atoms with van der Waals surface area (Å²) in [7, 11) is 0. The SMILES string of the molecule is CC(C)(C)OC(=O)N1CC(Oc2ccc(Cl)cc2C(C)(C)C)CC1C(=O)O. The molecule has 27 heavy (non-hydrogen) atoms. The number of hydrogen-bond donors (Lipinski definition) is 1. The molecule has 0 bridgehead atoms. The van der Waals surface area contributed by atoms with Crippen molar-refractivity contribution in [1.29, 1.82) is 0 Å². The topological polar surface area (TPSA) is 76.1 Å². The van der Waals surface area contributed by atoms with Gasteiger partial charge < -0.3 is 14.6 Å². The van der Waals surface area contributed by atoms with Crippen molar-refractivity contribution in [3.05, 3.63) is 28.8 Å². The Morgan fingerprint density at radius 3 is 2.33 bits per heavy atom. The number of hydrogen-bond acceptors (Lipinski definition) is 4. The Kier molecular flexibility index (Phi) is 6.00. The van der Waals surface area contributed by atoms with Crippen molar-refractivity contribution in [3.8, 4) is 5.75 Å². The van der Waals surface area contributed by atoms with Gasteiger partial charge in [0.05, 0.1) is 6.54 Å². The lowest BCUT2D eigenvalue weighted by atomic mass is 9.86. The highest BCUT2D eigenvalue weighted by atomic mass is 35.5. The number of nitrogens with zero attached hydrogens (tertiary/aromatic N) is 1. The van der Waals surface area contributed by atoms with E-state index in [1.54, 1.807) is 32.9 Å². The van der Waals surface area contributed by atoms with Crippen LogP contribution in [0, 0.1) is 0 Å². The molecule has 1 aliphatic heterocycles. The molecule has 1 aromatic carbocycles. The van der Waals surface area contributed by atoms with Gasteiger partial charge in [-0.3, -0.25) is 4.90 Å². The summed E-state index contributed by atoms with van der Waals surface area (Å²) in [4.78, 5) is 25.3. The molecule has 6 nitrogen and oxygen atoms in total.